The van der Waals surface area contributed by atoms with Crippen LogP contribution in [-0.2, 0) is 4.79 Å². The van der Waals surface area contributed by atoms with E-state index in [0.717, 1.165) is 0 Å². The number of nitrogens with one attached hydrogen (secondary N) is 1. The minimum atomic E-state index is -0.464. The fourth-order valence-electron chi connectivity index (χ4n) is 0.647. The first kappa shape index (κ1) is 8.89. The third-order valence-corrected chi connectivity index (χ3v) is 2.05. The number of thiophene rings is 1. The van der Waals surface area contributed by atoms with Crippen LogP contribution in [0.2, 0.25) is 0 Å². The summed E-state index contributed by atoms with van der Waals surface area (Å²) in [5.41, 5.74) is 5.01. The van der Waals surface area contributed by atoms with Crippen LogP contribution in [0.4, 0.5) is 0 Å². The van der Waals surface area contributed by atoms with E-state index in [1.165, 1.54) is 11.3 Å². The molecule has 0 atom stereocenters. The van der Waals surface area contributed by atoms with Crippen LogP contribution in [0.15, 0.2) is 17.5 Å². The minimum absolute atomic E-state index is 0.170. The molecule has 3 N–H and O–H groups in total. The summed E-state index contributed by atoms with van der Waals surface area (Å²) in [6.07, 6.45) is 0. The van der Waals surface area contributed by atoms with Crippen molar-refractivity contribution in [3.05, 3.63) is 22.4 Å². The predicted octanol–water partition coefficient (Wildman–Crippen LogP) is -0.0368. The molecule has 0 unspecified atom stereocenters. The first-order chi connectivity index (χ1) is 5.74. The lowest BCUT2D eigenvalue weighted by Gasteiger charge is -1.97. The summed E-state index contributed by atoms with van der Waals surface area (Å²) in [6.45, 7) is -0.170. The van der Waals surface area contributed by atoms with Gasteiger partial charge in [-0.2, -0.15) is 0 Å². The molecule has 1 aromatic rings. The van der Waals surface area contributed by atoms with Gasteiger partial charge in [0.25, 0.3) is 5.91 Å². The van der Waals surface area contributed by atoms with E-state index in [-0.39, 0.29) is 12.5 Å². The molecule has 4 nitrogen and oxygen atoms in total. The SMILES string of the molecule is NCC(=O)NC(=O)c1cccs1. The number of carbonyl (C=O) groups excluding carboxylic acids is 2. The molecule has 0 aliphatic carbocycles. The molecule has 0 aliphatic heterocycles. The standard InChI is InChI=1S/C7H8N2O2S/c8-4-6(10)9-7(11)5-2-1-3-12-5/h1-3H,4,8H2,(H,9,10,11). The van der Waals surface area contributed by atoms with E-state index in [4.69, 9.17) is 5.73 Å². The number of hydrogen-bond acceptors (Lipinski definition) is 4. The third kappa shape index (κ3) is 2.14. The van der Waals surface area contributed by atoms with Gasteiger partial charge in [0, 0.05) is 0 Å². The molecule has 0 saturated heterocycles. The second kappa shape index (κ2) is 3.99. The van der Waals surface area contributed by atoms with Crippen molar-refractivity contribution in [2.75, 3.05) is 6.54 Å². The van der Waals surface area contributed by atoms with Crippen molar-refractivity contribution < 1.29 is 9.59 Å². The molecule has 12 heavy (non-hydrogen) atoms. The lowest BCUT2D eigenvalue weighted by atomic mass is 10.4. The smallest absolute Gasteiger partial charge is 0.267 e. The molecule has 0 saturated carbocycles. The van der Waals surface area contributed by atoms with Crippen LogP contribution in [0.1, 0.15) is 9.67 Å². The van der Waals surface area contributed by atoms with Crippen LogP contribution in [0.25, 0.3) is 0 Å². The highest BCUT2D eigenvalue weighted by Crippen LogP contribution is 2.07. The Labute approximate surface area is 73.4 Å². The topological polar surface area (TPSA) is 72.2 Å². The Kier molecular flexibility index (Phi) is 2.95. The van der Waals surface area contributed by atoms with Gasteiger partial charge in [-0.05, 0) is 11.4 Å². The average molecular weight is 184 g/mol. The lowest BCUT2D eigenvalue weighted by molar-refractivity contribution is -0.118. The molecule has 5 heteroatoms. The van der Waals surface area contributed by atoms with E-state index in [1.807, 2.05) is 0 Å². The van der Waals surface area contributed by atoms with Crippen LogP contribution < -0.4 is 11.1 Å². The molecule has 0 aromatic carbocycles. The molecule has 1 aromatic heterocycles. The summed E-state index contributed by atoms with van der Waals surface area (Å²) in [6, 6.07) is 3.39. The zero-order valence-electron chi connectivity index (χ0n) is 6.24. The average Bonchev–Trinajstić information content (AvgIpc) is 2.56. The van der Waals surface area contributed by atoms with Gasteiger partial charge in [-0.15, -0.1) is 11.3 Å². The van der Waals surface area contributed by atoms with Gasteiger partial charge in [-0.3, -0.25) is 14.9 Å². The quantitative estimate of drug-likeness (QED) is 0.677. The Bertz CT molecular complexity index is 282. The molecule has 0 spiro atoms. The Hall–Kier alpha value is -1.20. The molecular weight excluding hydrogens is 176 g/mol. The molecule has 0 fully saturated rings. The van der Waals surface area contributed by atoms with Crippen molar-refractivity contribution in [2.24, 2.45) is 5.73 Å². The van der Waals surface area contributed by atoms with Gasteiger partial charge in [0.15, 0.2) is 0 Å². The molecule has 2 amide bonds. The lowest BCUT2D eigenvalue weighted by Crippen LogP contribution is -2.34. The zero-order valence-corrected chi connectivity index (χ0v) is 7.06. The summed E-state index contributed by atoms with van der Waals surface area (Å²) in [5.74, 6) is -0.853. The van der Waals surface area contributed by atoms with Crippen LogP contribution in [0, 0.1) is 0 Å². The molecule has 1 heterocycles. The van der Waals surface area contributed by atoms with E-state index in [0.29, 0.717) is 4.88 Å². The Morgan fingerprint density at radius 1 is 1.58 bits per heavy atom. The van der Waals surface area contributed by atoms with Crippen molar-refractivity contribution in [2.45, 2.75) is 0 Å². The van der Waals surface area contributed by atoms with Gasteiger partial charge in [-0.1, -0.05) is 6.07 Å². The maximum Gasteiger partial charge on any atom is 0.267 e. The number of hydrogen-bond donors (Lipinski definition) is 2. The summed E-state index contributed by atoms with van der Waals surface area (Å²) >= 11 is 1.28. The number of imide groups is 1. The monoisotopic (exact) mass is 184 g/mol. The van der Waals surface area contributed by atoms with E-state index in [1.54, 1.807) is 17.5 Å². The Morgan fingerprint density at radius 2 is 2.33 bits per heavy atom. The third-order valence-electron chi connectivity index (χ3n) is 1.18. The second-order valence-electron chi connectivity index (χ2n) is 2.06. The maximum absolute atomic E-state index is 11.1. The highest BCUT2D eigenvalue weighted by molar-refractivity contribution is 7.12. The van der Waals surface area contributed by atoms with Gasteiger partial charge in [0.2, 0.25) is 5.91 Å². The fourth-order valence-corrected chi connectivity index (χ4v) is 1.27. The number of carbonyl (C=O) groups is 2. The van der Waals surface area contributed by atoms with Gasteiger partial charge >= 0.3 is 0 Å². The van der Waals surface area contributed by atoms with Crippen LogP contribution in [0.5, 0.6) is 0 Å². The van der Waals surface area contributed by atoms with Crippen LogP contribution in [-0.4, -0.2) is 18.4 Å². The zero-order chi connectivity index (χ0) is 8.97. The highest BCUT2D eigenvalue weighted by Gasteiger charge is 2.08. The summed E-state index contributed by atoms with van der Waals surface area (Å²) in [4.78, 5) is 22.3. The van der Waals surface area contributed by atoms with Crippen molar-refractivity contribution in [3.63, 3.8) is 0 Å². The molecule has 0 aliphatic rings. The summed E-state index contributed by atoms with van der Waals surface area (Å²) in [5, 5.41) is 3.91. The van der Waals surface area contributed by atoms with Crippen LogP contribution in [0.3, 0.4) is 0 Å². The highest BCUT2D eigenvalue weighted by atomic mass is 32.1. The van der Waals surface area contributed by atoms with Gasteiger partial charge in [-0.25, -0.2) is 0 Å². The first-order valence-corrected chi connectivity index (χ1v) is 4.19. The Morgan fingerprint density at radius 3 is 2.83 bits per heavy atom. The number of nitrogens with two attached hydrogens (primary N) is 1. The second-order valence-corrected chi connectivity index (χ2v) is 3.01. The minimum Gasteiger partial charge on any atom is -0.322 e. The largest absolute Gasteiger partial charge is 0.322 e. The van der Waals surface area contributed by atoms with Crippen molar-refractivity contribution in [3.8, 4) is 0 Å². The number of amides is 2. The van der Waals surface area contributed by atoms with E-state index >= 15 is 0 Å². The van der Waals surface area contributed by atoms with Crippen molar-refractivity contribution >= 4 is 23.2 Å². The molecule has 64 valence electrons. The Balaban J connectivity index is 2.56. The molecule has 0 radical (unpaired) electrons. The first-order valence-electron chi connectivity index (χ1n) is 3.32. The maximum atomic E-state index is 11.1. The van der Waals surface area contributed by atoms with Gasteiger partial charge < -0.3 is 5.73 Å². The summed E-state index contributed by atoms with van der Waals surface area (Å²) in [7, 11) is 0. The van der Waals surface area contributed by atoms with E-state index in [9.17, 15) is 9.59 Å². The van der Waals surface area contributed by atoms with Gasteiger partial charge in [0.1, 0.15) is 0 Å². The van der Waals surface area contributed by atoms with Crippen molar-refractivity contribution in [1.29, 1.82) is 0 Å². The fraction of sp³-hybridized carbons (Fsp3) is 0.143. The molecule has 1 rings (SSSR count). The predicted molar refractivity (Wildman–Crippen MR) is 45.8 cm³/mol. The van der Waals surface area contributed by atoms with Gasteiger partial charge in [0.05, 0.1) is 11.4 Å². The van der Waals surface area contributed by atoms with E-state index in [2.05, 4.69) is 5.32 Å². The normalized spacial score (nSPS) is 9.42. The van der Waals surface area contributed by atoms with Crippen LogP contribution >= 0.6 is 11.3 Å². The van der Waals surface area contributed by atoms with E-state index < -0.39 is 5.91 Å². The van der Waals surface area contributed by atoms with Crippen molar-refractivity contribution in [1.82, 2.24) is 5.32 Å². The summed E-state index contributed by atoms with van der Waals surface area (Å²) < 4.78 is 0. The number of rotatable bonds is 2. The molecule has 0 bridgehead atoms. The molecular formula is C7H8N2O2S.